The molecule has 4 heteroatoms. The molecule has 17 heavy (non-hydrogen) atoms. The number of likely N-dealkylation sites (tertiary alicyclic amines) is 1. The van der Waals surface area contributed by atoms with Crippen molar-refractivity contribution in [1.82, 2.24) is 4.90 Å². The van der Waals surface area contributed by atoms with Crippen molar-refractivity contribution in [3.8, 4) is 0 Å². The van der Waals surface area contributed by atoms with Gasteiger partial charge in [-0.3, -0.25) is 4.79 Å². The summed E-state index contributed by atoms with van der Waals surface area (Å²) in [7, 11) is 0. The van der Waals surface area contributed by atoms with Crippen molar-refractivity contribution < 1.29 is 9.90 Å². The van der Waals surface area contributed by atoms with Gasteiger partial charge >= 0.3 is 0 Å². The molecule has 1 aliphatic rings. The lowest BCUT2D eigenvalue weighted by atomic mass is 10.1. The molecule has 1 saturated heterocycles. The summed E-state index contributed by atoms with van der Waals surface area (Å²) < 4.78 is 0. The fourth-order valence-corrected chi connectivity index (χ4v) is 2.09. The molecule has 0 aliphatic carbocycles. The highest BCUT2D eigenvalue weighted by Crippen LogP contribution is 2.14. The van der Waals surface area contributed by atoms with Crippen molar-refractivity contribution in [2.45, 2.75) is 18.9 Å². The van der Waals surface area contributed by atoms with Crippen LogP contribution in [0.3, 0.4) is 0 Å². The van der Waals surface area contributed by atoms with Crippen molar-refractivity contribution in [3.05, 3.63) is 35.4 Å². The summed E-state index contributed by atoms with van der Waals surface area (Å²) in [4.78, 5) is 13.7. The van der Waals surface area contributed by atoms with Crippen molar-refractivity contribution in [3.63, 3.8) is 0 Å². The number of hydrogen-bond donors (Lipinski definition) is 2. The van der Waals surface area contributed by atoms with Crippen LogP contribution in [-0.4, -0.2) is 41.7 Å². The maximum absolute atomic E-state index is 12.1. The lowest BCUT2D eigenvalue weighted by molar-refractivity contribution is 0.0765. The van der Waals surface area contributed by atoms with Crippen LogP contribution in [0.1, 0.15) is 22.3 Å². The van der Waals surface area contributed by atoms with Gasteiger partial charge in [-0.15, -0.1) is 0 Å². The number of amides is 1. The van der Waals surface area contributed by atoms with Gasteiger partial charge in [0, 0.05) is 18.7 Å². The molecule has 0 bridgehead atoms. The Bertz CT molecular complexity index is 389. The van der Waals surface area contributed by atoms with Crippen molar-refractivity contribution >= 4 is 5.91 Å². The molecule has 0 saturated carbocycles. The molecule has 1 heterocycles. The van der Waals surface area contributed by atoms with Gasteiger partial charge in [-0.05, 0) is 37.1 Å². The minimum absolute atomic E-state index is 0.000786. The second-order valence-electron chi connectivity index (χ2n) is 4.43. The van der Waals surface area contributed by atoms with E-state index in [0.717, 1.165) is 12.0 Å². The lowest BCUT2D eigenvalue weighted by Gasteiger charge is -2.15. The zero-order valence-electron chi connectivity index (χ0n) is 9.80. The molecule has 0 unspecified atom stereocenters. The molecule has 3 N–H and O–H groups in total. The fraction of sp³-hybridized carbons (Fsp3) is 0.462. The Labute approximate surface area is 101 Å². The van der Waals surface area contributed by atoms with Crippen LogP contribution in [-0.2, 0) is 6.42 Å². The molecule has 0 radical (unpaired) electrons. The number of aliphatic hydroxyl groups excluding tert-OH is 1. The first kappa shape index (κ1) is 12.1. The SMILES string of the molecule is NCCc1ccc(C(=O)N2CC[C@@H](O)C2)cc1. The summed E-state index contributed by atoms with van der Waals surface area (Å²) in [6.45, 7) is 1.71. The van der Waals surface area contributed by atoms with E-state index in [4.69, 9.17) is 5.73 Å². The van der Waals surface area contributed by atoms with Gasteiger partial charge in [0.1, 0.15) is 0 Å². The number of aliphatic hydroxyl groups is 1. The molecular weight excluding hydrogens is 216 g/mol. The van der Waals surface area contributed by atoms with E-state index in [-0.39, 0.29) is 12.0 Å². The number of nitrogens with zero attached hydrogens (tertiary/aromatic N) is 1. The smallest absolute Gasteiger partial charge is 0.253 e. The number of nitrogens with two attached hydrogens (primary N) is 1. The minimum Gasteiger partial charge on any atom is -0.391 e. The van der Waals surface area contributed by atoms with E-state index in [1.807, 2.05) is 24.3 Å². The highest BCUT2D eigenvalue weighted by atomic mass is 16.3. The van der Waals surface area contributed by atoms with Gasteiger partial charge in [0.2, 0.25) is 0 Å². The second-order valence-corrected chi connectivity index (χ2v) is 4.43. The van der Waals surface area contributed by atoms with Crippen LogP contribution in [0.2, 0.25) is 0 Å². The van der Waals surface area contributed by atoms with Gasteiger partial charge < -0.3 is 15.7 Å². The molecule has 1 fully saturated rings. The first-order valence-corrected chi connectivity index (χ1v) is 5.97. The first-order valence-electron chi connectivity index (χ1n) is 5.97. The maximum atomic E-state index is 12.1. The number of hydrogen-bond acceptors (Lipinski definition) is 3. The van der Waals surface area contributed by atoms with Gasteiger partial charge in [0.25, 0.3) is 5.91 Å². The topological polar surface area (TPSA) is 66.6 Å². The van der Waals surface area contributed by atoms with E-state index in [9.17, 15) is 9.90 Å². The average Bonchev–Trinajstić information content (AvgIpc) is 2.76. The van der Waals surface area contributed by atoms with Gasteiger partial charge in [0.15, 0.2) is 0 Å². The van der Waals surface area contributed by atoms with E-state index in [2.05, 4.69) is 0 Å². The number of rotatable bonds is 3. The number of carbonyl (C=O) groups excluding carboxylic acids is 1. The van der Waals surface area contributed by atoms with Gasteiger partial charge in [-0.1, -0.05) is 12.1 Å². The van der Waals surface area contributed by atoms with E-state index >= 15 is 0 Å². The van der Waals surface area contributed by atoms with Crippen LogP contribution < -0.4 is 5.73 Å². The molecule has 1 aromatic carbocycles. The maximum Gasteiger partial charge on any atom is 0.253 e. The Morgan fingerprint density at radius 2 is 2.12 bits per heavy atom. The van der Waals surface area contributed by atoms with Crippen molar-refractivity contribution in [2.24, 2.45) is 5.73 Å². The molecule has 0 spiro atoms. The molecule has 1 aliphatic heterocycles. The predicted molar refractivity (Wildman–Crippen MR) is 65.7 cm³/mol. The second kappa shape index (κ2) is 5.29. The average molecular weight is 234 g/mol. The number of carbonyl (C=O) groups is 1. The predicted octanol–water partition coefficient (Wildman–Crippen LogP) is 0.395. The minimum atomic E-state index is -0.365. The lowest BCUT2D eigenvalue weighted by Crippen LogP contribution is -2.29. The summed E-state index contributed by atoms with van der Waals surface area (Å²) in [5.41, 5.74) is 7.29. The Morgan fingerprint density at radius 3 is 2.65 bits per heavy atom. The molecule has 1 atom stereocenters. The monoisotopic (exact) mass is 234 g/mol. The molecule has 2 rings (SSSR count). The number of benzene rings is 1. The first-order chi connectivity index (χ1) is 8.20. The Kier molecular flexibility index (Phi) is 3.76. The normalized spacial score (nSPS) is 19.6. The van der Waals surface area contributed by atoms with Crippen molar-refractivity contribution in [1.29, 1.82) is 0 Å². The van der Waals surface area contributed by atoms with Crippen LogP contribution in [0.15, 0.2) is 24.3 Å². The van der Waals surface area contributed by atoms with Gasteiger partial charge in [-0.2, -0.15) is 0 Å². The Balaban J connectivity index is 2.04. The quantitative estimate of drug-likeness (QED) is 0.795. The molecular formula is C13H18N2O2. The van der Waals surface area contributed by atoms with Crippen molar-refractivity contribution in [2.75, 3.05) is 19.6 Å². The van der Waals surface area contributed by atoms with Crippen LogP contribution in [0, 0.1) is 0 Å². The molecule has 1 aromatic rings. The van der Waals surface area contributed by atoms with Crippen LogP contribution in [0.25, 0.3) is 0 Å². The molecule has 92 valence electrons. The third-order valence-electron chi connectivity index (χ3n) is 3.08. The van der Waals surface area contributed by atoms with E-state index in [1.54, 1.807) is 4.90 Å². The Hall–Kier alpha value is -1.39. The summed E-state index contributed by atoms with van der Waals surface area (Å²) in [5.74, 6) is 0.000786. The fourth-order valence-electron chi connectivity index (χ4n) is 2.09. The molecule has 1 amide bonds. The van der Waals surface area contributed by atoms with E-state index in [0.29, 0.717) is 31.6 Å². The molecule has 4 nitrogen and oxygen atoms in total. The Morgan fingerprint density at radius 1 is 1.41 bits per heavy atom. The number of β-amino-alcohol motifs (C(OH)–C–C–N with tert-alkyl or cyclic N) is 1. The highest BCUT2D eigenvalue weighted by molar-refractivity contribution is 5.94. The van der Waals surface area contributed by atoms with E-state index < -0.39 is 0 Å². The van der Waals surface area contributed by atoms with Gasteiger partial charge in [-0.25, -0.2) is 0 Å². The third kappa shape index (κ3) is 2.84. The summed E-state index contributed by atoms with van der Waals surface area (Å²) in [6, 6.07) is 7.54. The zero-order valence-corrected chi connectivity index (χ0v) is 9.80. The highest BCUT2D eigenvalue weighted by Gasteiger charge is 2.25. The summed E-state index contributed by atoms with van der Waals surface area (Å²) in [5, 5.41) is 9.40. The molecule has 0 aromatic heterocycles. The van der Waals surface area contributed by atoms with Crippen LogP contribution in [0.4, 0.5) is 0 Å². The van der Waals surface area contributed by atoms with Crippen LogP contribution >= 0.6 is 0 Å². The summed E-state index contributed by atoms with van der Waals surface area (Å²) >= 11 is 0. The third-order valence-corrected chi connectivity index (χ3v) is 3.08. The summed E-state index contributed by atoms with van der Waals surface area (Å²) in [6.07, 6.45) is 1.14. The zero-order chi connectivity index (χ0) is 12.3. The largest absolute Gasteiger partial charge is 0.391 e. The van der Waals surface area contributed by atoms with E-state index in [1.165, 1.54) is 0 Å². The van der Waals surface area contributed by atoms with Crippen LogP contribution in [0.5, 0.6) is 0 Å². The van der Waals surface area contributed by atoms with Gasteiger partial charge in [0.05, 0.1) is 6.10 Å². The standard InChI is InChI=1S/C13H18N2O2/c14-7-5-10-1-3-11(4-2-10)13(17)15-8-6-12(16)9-15/h1-4,12,16H,5-9,14H2/t12-/m1/s1.